The molecular weight excluding hydrogens is 741 g/mol. The van der Waals surface area contributed by atoms with E-state index >= 15 is 0 Å². The van der Waals surface area contributed by atoms with Gasteiger partial charge in [-0.2, -0.15) is 8.42 Å². The highest BCUT2D eigenvalue weighted by Gasteiger charge is 2.45. The van der Waals surface area contributed by atoms with Crippen molar-refractivity contribution < 1.29 is 13.0 Å². The molecule has 0 atom stereocenters. The predicted molar refractivity (Wildman–Crippen MR) is 264 cm³/mol. The maximum Gasteiger partial charge on any atom is 0.274 e. The third-order valence-corrected chi connectivity index (χ3v) is 15.3. The molecule has 0 amide bonds. The molecule has 3 nitrogen and oxygen atoms in total. The van der Waals surface area contributed by atoms with E-state index in [9.17, 15) is 13.0 Å². The zero-order valence-electron chi connectivity index (χ0n) is 40.5. The summed E-state index contributed by atoms with van der Waals surface area (Å²) in [5.74, 6) is 0. The van der Waals surface area contributed by atoms with Crippen LogP contribution >= 0.6 is 0 Å². The van der Waals surface area contributed by atoms with Crippen molar-refractivity contribution in [2.24, 2.45) is 0 Å². The number of unbranched alkanes of at least 4 members (excludes halogenated alkanes) is 36. The quantitative estimate of drug-likeness (QED) is 0.0525. The van der Waals surface area contributed by atoms with Crippen LogP contribution in [-0.2, 0) is 27.7 Å². The van der Waals surface area contributed by atoms with Gasteiger partial charge in [-0.25, -0.2) is 0 Å². The van der Waals surface area contributed by atoms with E-state index in [0.29, 0.717) is 12.8 Å². The molecule has 0 aliphatic heterocycles. The second kappa shape index (κ2) is 39.9. The van der Waals surface area contributed by atoms with Gasteiger partial charge in [0.25, 0.3) is 10.1 Å². The molecule has 1 aromatic rings. The first kappa shape index (κ1) is 56.1. The normalized spacial score (nSPS) is 12.2. The van der Waals surface area contributed by atoms with E-state index in [1.54, 1.807) is 0 Å². The van der Waals surface area contributed by atoms with Crippen LogP contribution in [0.5, 0.6) is 0 Å². The number of hydrogen-bond acceptors (Lipinski definition) is 2. The second-order valence-electron chi connectivity index (χ2n) is 19.1. The van der Waals surface area contributed by atoms with E-state index in [1.807, 2.05) is 0 Å². The molecule has 0 saturated heterocycles. The van der Waals surface area contributed by atoms with Gasteiger partial charge >= 0.3 is 0 Å². The molecule has 1 N–H and O–H groups in total. The van der Waals surface area contributed by atoms with Crippen LogP contribution < -0.4 is 0 Å². The highest BCUT2D eigenvalue weighted by Crippen LogP contribution is 2.44. The average molecular weight is 846 g/mol. The van der Waals surface area contributed by atoms with Crippen LogP contribution in [0.3, 0.4) is 0 Å². The van der Waals surface area contributed by atoms with Crippen LogP contribution in [0.1, 0.15) is 314 Å². The van der Waals surface area contributed by atoms with Gasteiger partial charge in [0.1, 0.15) is 4.75 Å². The standard InChI is InChI=1S/C55H104O3S/c1-5-9-13-17-21-25-29-33-37-41-46-52-47-45-49-54(53(52)48-42-38-34-30-26-22-18-14-10-6-2)55(59(56,57)58,50-43-39-35-31-27-23-19-15-11-7-3)51-44-40-36-32-28-24-20-16-12-8-4/h45,47,49H,5-44,46,48,50-51H2,1-4H3,(H,56,57,58). The Morgan fingerprint density at radius 3 is 0.949 bits per heavy atom. The summed E-state index contributed by atoms with van der Waals surface area (Å²) in [6, 6.07) is 6.58. The lowest BCUT2D eigenvalue weighted by Gasteiger charge is -2.34. The van der Waals surface area contributed by atoms with E-state index in [4.69, 9.17) is 0 Å². The molecule has 0 fully saturated rings. The van der Waals surface area contributed by atoms with Crippen molar-refractivity contribution in [3.05, 3.63) is 34.9 Å². The Hall–Kier alpha value is -0.870. The number of aryl methyl sites for hydroxylation is 1. The minimum absolute atomic E-state index is 0.548. The summed E-state index contributed by atoms with van der Waals surface area (Å²) in [7, 11) is -4.34. The molecule has 0 radical (unpaired) electrons. The zero-order chi connectivity index (χ0) is 43.0. The summed E-state index contributed by atoms with van der Waals surface area (Å²) in [6.45, 7) is 9.13. The smallest absolute Gasteiger partial charge is 0.274 e. The van der Waals surface area contributed by atoms with Gasteiger partial charge in [0.15, 0.2) is 0 Å². The fraction of sp³-hybridized carbons (Fsp3) is 0.891. The lowest BCUT2D eigenvalue weighted by atomic mass is 9.81. The largest absolute Gasteiger partial charge is 0.285 e. The monoisotopic (exact) mass is 845 g/mol. The van der Waals surface area contributed by atoms with Crippen molar-refractivity contribution >= 4 is 10.1 Å². The van der Waals surface area contributed by atoms with Gasteiger partial charge in [0.2, 0.25) is 0 Å². The van der Waals surface area contributed by atoms with Crippen LogP contribution in [0.25, 0.3) is 0 Å². The van der Waals surface area contributed by atoms with Crippen LogP contribution in [0.2, 0.25) is 0 Å². The number of hydrogen-bond donors (Lipinski definition) is 1. The topological polar surface area (TPSA) is 54.4 Å². The first-order valence-corrected chi connectivity index (χ1v) is 28.4. The van der Waals surface area contributed by atoms with Gasteiger partial charge in [-0.05, 0) is 55.2 Å². The molecular formula is C55H104O3S. The van der Waals surface area contributed by atoms with Crippen LogP contribution in [0.15, 0.2) is 18.2 Å². The average Bonchev–Trinajstić information content (AvgIpc) is 3.22. The highest BCUT2D eigenvalue weighted by atomic mass is 32.2. The third kappa shape index (κ3) is 28.4. The molecule has 0 aliphatic carbocycles. The summed E-state index contributed by atoms with van der Waals surface area (Å²) < 4.78 is 38.4. The Labute approximate surface area is 371 Å². The van der Waals surface area contributed by atoms with Crippen molar-refractivity contribution in [1.82, 2.24) is 0 Å². The maximum absolute atomic E-state index is 14.0. The fourth-order valence-corrected chi connectivity index (χ4v) is 11.0. The van der Waals surface area contributed by atoms with Crippen molar-refractivity contribution in [3.63, 3.8) is 0 Å². The van der Waals surface area contributed by atoms with Gasteiger partial charge in [-0.1, -0.05) is 290 Å². The fourth-order valence-electron chi connectivity index (χ4n) is 9.77. The second-order valence-corrected chi connectivity index (χ2v) is 20.9. The Kier molecular flexibility index (Phi) is 38.0. The van der Waals surface area contributed by atoms with E-state index in [0.717, 1.165) is 63.4 Å². The Morgan fingerprint density at radius 1 is 0.373 bits per heavy atom. The lowest BCUT2D eigenvalue weighted by Crippen LogP contribution is -2.37. The highest BCUT2D eigenvalue weighted by molar-refractivity contribution is 7.86. The van der Waals surface area contributed by atoms with Crippen LogP contribution in [-0.4, -0.2) is 13.0 Å². The zero-order valence-corrected chi connectivity index (χ0v) is 41.3. The first-order valence-electron chi connectivity index (χ1n) is 27.0. The summed E-state index contributed by atoms with van der Waals surface area (Å²) in [4.78, 5) is 0. The number of benzene rings is 1. The third-order valence-electron chi connectivity index (χ3n) is 13.7. The molecule has 0 aliphatic rings. The SMILES string of the molecule is CCCCCCCCCCCCc1cccc(C(CCCCCCCCCCCC)(CCCCCCCCCCCC)S(=O)(=O)O)c1CCCCCCCCCCCC. The molecule has 1 aromatic carbocycles. The molecule has 0 saturated carbocycles. The van der Waals surface area contributed by atoms with E-state index in [1.165, 1.54) is 223 Å². The molecule has 0 bridgehead atoms. The number of rotatable bonds is 46. The first-order chi connectivity index (χ1) is 28.9. The lowest BCUT2D eigenvalue weighted by molar-refractivity contribution is 0.371. The maximum atomic E-state index is 14.0. The summed E-state index contributed by atoms with van der Waals surface area (Å²) >= 11 is 0. The minimum Gasteiger partial charge on any atom is -0.285 e. The van der Waals surface area contributed by atoms with Gasteiger partial charge in [0, 0.05) is 0 Å². The molecule has 0 heterocycles. The van der Waals surface area contributed by atoms with Gasteiger partial charge < -0.3 is 0 Å². The van der Waals surface area contributed by atoms with Crippen molar-refractivity contribution in [2.75, 3.05) is 0 Å². The van der Waals surface area contributed by atoms with E-state index < -0.39 is 14.9 Å². The van der Waals surface area contributed by atoms with Crippen molar-refractivity contribution in [2.45, 2.75) is 315 Å². The predicted octanol–water partition coefficient (Wildman–Crippen LogP) is 19.3. The Bertz CT molecular complexity index is 1120. The van der Waals surface area contributed by atoms with Crippen molar-refractivity contribution in [3.8, 4) is 0 Å². The van der Waals surface area contributed by atoms with E-state index in [-0.39, 0.29) is 0 Å². The van der Waals surface area contributed by atoms with Crippen LogP contribution in [0.4, 0.5) is 0 Å². The molecule has 0 unspecified atom stereocenters. The Morgan fingerprint density at radius 2 is 0.644 bits per heavy atom. The van der Waals surface area contributed by atoms with E-state index in [2.05, 4.69) is 45.9 Å². The molecule has 1 rings (SSSR count). The molecule has 0 spiro atoms. The van der Waals surface area contributed by atoms with Gasteiger partial charge in [-0.15, -0.1) is 0 Å². The minimum atomic E-state index is -4.34. The summed E-state index contributed by atoms with van der Waals surface area (Å²) in [6.07, 6.45) is 53.8. The van der Waals surface area contributed by atoms with Crippen molar-refractivity contribution in [1.29, 1.82) is 0 Å². The van der Waals surface area contributed by atoms with Gasteiger partial charge in [-0.3, -0.25) is 4.55 Å². The summed E-state index contributed by atoms with van der Waals surface area (Å²) in [5, 5.41) is 0. The van der Waals surface area contributed by atoms with Gasteiger partial charge in [0.05, 0.1) is 0 Å². The Balaban J connectivity index is 3.16. The molecule has 348 valence electrons. The summed E-state index contributed by atoms with van der Waals surface area (Å²) in [5.41, 5.74) is 3.60. The molecule has 59 heavy (non-hydrogen) atoms. The molecule has 4 heteroatoms. The molecule has 0 aromatic heterocycles. The van der Waals surface area contributed by atoms with Crippen LogP contribution in [0, 0.1) is 0 Å².